The predicted molar refractivity (Wildman–Crippen MR) is 101 cm³/mol. The maximum absolute atomic E-state index is 13.0. The number of amides is 2. The summed E-state index contributed by atoms with van der Waals surface area (Å²) < 4.78 is 18.1. The van der Waals surface area contributed by atoms with Crippen molar-refractivity contribution in [2.45, 2.75) is 33.7 Å². The number of carbonyl (C=O) groups excluding carboxylic acids is 3. The maximum atomic E-state index is 13.0. The lowest BCUT2D eigenvalue weighted by Gasteiger charge is -2.14. The number of thiophene rings is 1. The third-order valence-corrected chi connectivity index (χ3v) is 5.08. The normalized spacial score (nSPS) is 11.6. The lowest BCUT2D eigenvalue weighted by molar-refractivity contribution is -0.124. The van der Waals surface area contributed by atoms with Crippen LogP contribution in [-0.2, 0) is 14.3 Å². The van der Waals surface area contributed by atoms with Crippen LogP contribution in [0.15, 0.2) is 24.3 Å². The quantitative estimate of drug-likeness (QED) is 0.737. The van der Waals surface area contributed by atoms with Crippen LogP contribution < -0.4 is 10.6 Å². The molecule has 0 saturated carbocycles. The van der Waals surface area contributed by atoms with Crippen molar-refractivity contribution in [2.75, 3.05) is 11.9 Å². The van der Waals surface area contributed by atoms with E-state index in [1.54, 1.807) is 26.0 Å². The molecule has 8 heteroatoms. The Kier molecular flexibility index (Phi) is 6.68. The SMILES string of the molecule is CC(=O)Nc1sc(C)c(C)c1C(=O)OCC(=O)N[C@@H](C)c1ccc(F)cc1. The number of ether oxygens (including phenoxy) is 1. The Labute approximate surface area is 160 Å². The van der Waals surface area contributed by atoms with Gasteiger partial charge >= 0.3 is 5.97 Å². The Balaban J connectivity index is 1.98. The molecule has 0 fully saturated rings. The van der Waals surface area contributed by atoms with E-state index in [9.17, 15) is 18.8 Å². The molecule has 2 amide bonds. The number of hydrogen-bond donors (Lipinski definition) is 2. The summed E-state index contributed by atoms with van der Waals surface area (Å²) in [5.74, 6) is -1.81. The monoisotopic (exact) mass is 392 g/mol. The van der Waals surface area contributed by atoms with Crippen molar-refractivity contribution >= 4 is 34.1 Å². The van der Waals surface area contributed by atoms with Crippen LogP contribution in [-0.4, -0.2) is 24.4 Å². The van der Waals surface area contributed by atoms with Crippen LogP contribution in [0.5, 0.6) is 0 Å². The van der Waals surface area contributed by atoms with E-state index in [2.05, 4.69) is 10.6 Å². The summed E-state index contributed by atoms with van der Waals surface area (Å²) in [7, 11) is 0. The zero-order valence-electron chi connectivity index (χ0n) is 15.5. The topological polar surface area (TPSA) is 84.5 Å². The highest BCUT2D eigenvalue weighted by Gasteiger charge is 2.22. The van der Waals surface area contributed by atoms with Crippen molar-refractivity contribution in [3.63, 3.8) is 0 Å². The third-order valence-electron chi connectivity index (χ3n) is 3.96. The summed E-state index contributed by atoms with van der Waals surface area (Å²) in [5, 5.41) is 5.70. The number of aryl methyl sites for hydroxylation is 1. The smallest absolute Gasteiger partial charge is 0.341 e. The first kappa shape index (κ1) is 20.6. The van der Waals surface area contributed by atoms with Gasteiger partial charge in [-0.2, -0.15) is 0 Å². The molecule has 0 unspecified atom stereocenters. The number of rotatable bonds is 6. The molecule has 0 aliphatic rings. The number of esters is 1. The van der Waals surface area contributed by atoms with Crippen molar-refractivity contribution in [3.05, 3.63) is 51.7 Å². The van der Waals surface area contributed by atoms with Crippen LogP contribution >= 0.6 is 11.3 Å². The molecule has 144 valence electrons. The Hall–Kier alpha value is -2.74. The largest absolute Gasteiger partial charge is 0.452 e. The van der Waals surface area contributed by atoms with Gasteiger partial charge in [0.25, 0.3) is 5.91 Å². The second-order valence-corrected chi connectivity index (χ2v) is 7.31. The summed E-state index contributed by atoms with van der Waals surface area (Å²) in [6, 6.07) is 5.40. The molecule has 0 bridgehead atoms. The van der Waals surface area contributed by atoms with E-state index in [-0.39, 0.29) is 23.3 Å². The molecular formula is C19H21FN2O4S. The summed E-state index contributed by atoms with van der Waals surface area (Å²) in [4.78, 5) is 36.6. The fourth-order valence-corrected chi connectivity index (χ4v) is 3.54. The highest BCUT2D eigenvalue weighted by molar-refractivity contribution is 7.16. The Morgan fingerprint density at radius 3 is 2.41 bits per heavy atom. The Bertz CT molecular complexity index is 861. The first-order valence-electron chi connectivity index (χ1n) is 8.28. The van der Waals surface area contributed by atoms with Gasteiger partial charge in [-0.3, -0.25) is 9.59 Å². The van der Waals surface area contributed by atoms with Gasteiger partial charge in [0.15, 0.2) is 6.61 Å². The van der Waals surface area contributed by atoms with Gasteiger partial charge in [-0.15, -0.1) is 11.3 Å². The number of halogens is 1. The van der Waals surface area contributed by atoms with Crippen molar-refractivity contribution < 1.29 is 23.5 Å². The Morgan fingerprint density at radius 1 is 1.19 bits per heavy atom. The van der Waals surface area contributed by atoms with Gasteiger partial charge in [-0.1, -0.05) is 12.1 Å². The molecular weight excluding hydrogens is 371 g/mol. The maximum Gasteiger partial charge on any atom is 0.341 e. The highest BCUT2D eigenvalue weighted by Crippen LogP contribution is 2.32. The lowest BCUT2D eigenvalue weighted by atomic mass is 10.1. The number of nitrogens with one attached hydrogen (secondary N) is 2. The molecule has 0 saturated heterocycles. The van der Waals surface area contributed by atoms with Gasteiger partial charge in [-0.25, -0.2) is 9.18 Å². The average Bonchev–Trinajstić information content (AvgIpc) is 2.86. The second-order valence-electron chi connectivity index (χ2n) is 6.09. The van der Waals surface area contributed by atoms with Gasteiger partial charge in [0.2, 0.25) is 5.91 Å². The first-order valence-corrected chi connectivity index (χ1v) is 9.10. The zero-order chi connectivity index (χ0) is 20.1. The second kappa shape index (κ2) is 8.77. The summed E-state index contributed by atoms with van der Waals surface area (Å²) >= 11 is 1.28. The number of anilines is 1. The molecule has 27 heavy (non-hydrogen) atoms. The minimum absolute atomic E-state index is 0.257. The molecule has 1 aromatic carbocycles. The van der Waals surface area contributed by atoms with Gasteiger partial charge in [0.05, 0.1) is 11.6 Å². The van der Waals surface area contributed by atoms with Crippen molar-refractivity contribution in [3.8, 4) is 0 Å². The summed E-state index contributed by atoms with van der Waals surface area (Å²) in [5.41, 5.74) is 1.69. The molecule has 2 rings (SSSR count). The van der Waals surface area contributed by atoms with E-state index in [0.29, 0.717) is 10.6 Å². The van der Waals surface area contributed by atoms with E-state index in [1.807, 2.05) is 6.92 Å². The average molecular weight is 392 g/mol. The van der Waals surface area contributed by atoms with Crippen molar-refractivity contribution in [2.24, 2.45) is 0 Å². The van der Waals surface area contributed by atoms with Crippen LogP contribution in [0.1, 0.15) is 46.3 Å². The fraction of sp³-hybridized carbons (Fsp3) is 0.316. The molecule has 2 aromatic rings. The van der Waals surface area contributed by atoms with Gasteiger partial charge in [-0.05, 0) is 44.0 Å². The van der Waals surface area contributed by atoms with E-state index in [4.69, 9.17) is 4.74 Å². The Morgan fingerprint density at radius 2 is 1.81 bits per heavy atom. The molecule has 2 N–H and O–H groups in total. The third kappa shape index (κ3) is 5.37. The minimum atomic E-state index is -0.676. The molecule has 1 aromatic heterocycles. The molecule has 1 heterocycles. The number of benzene rings is 1. The van der Waals surface area contributed by atoms with E-state index >= 15 is 0 Å². The van der Waals surface area contributed by atoms with Crippen molar-refractivity contribution in [1.29, 1.82) is 0 Å². The van der Waals surface area contributed by atoms with Crippen LogP contribution in [0.2, 0.25) is 0 Å². The van der Waals surface area contributed by atoms with Gasteiger partial charge in [0, 0.05) is 11.8 Å². The molecule has 0 aliphatic heterocycles. The van der Waals surface area contributed by atoms with Crippen molar-refractivity contribution in [1.82, 2.24) is 5.32 Å². The molecule has 0 aliphatic carbocycles. The van der Waals surface area contributed by atoms with Crippen LogP contribution in [0, 0.1) is 19.7 Å². The lowest BCUT2D eigenvalue weighted by Crippen LogP contribution is -2.31. The predicted octanol–water partition coefficient (Wildman–Crippen LogP) is 3.50. The summed E-state index contributed by atoms with van der Waals surface area (Å²) in [6.07, 6.45) is 0. The van der Waals surface area contributed by atoms with Crippen LogP contribution in [0.25, 0.3) is 0 Å². The van der Waals surface area contributed by atoms with Gasteiger partial charge < -0.3 is 15.4 Å². The molecule has 0 spiro atoms. The van der Waals surface area contributed by atoms with E-state index < -0.39 is 18.5 Å². The van der Waals surface area contributed by atoms with E-state index in [1.165, 1.54) is 30.4 Å². The standard InChI is InChI=1S/C19H21FN2O4S/c1-10-12(3)27-18(22-13(4)23)17(10)19(25)26-9-16(24)21-11(2)14-5-7-15(20)8-6-14/h5-8,11H,9H2,1-4H3,(H,21,24)(H,22,23)/t11-/m0/s1. The van der Waals surface area contributed by atoms with Gasteiger partial charge in [0.1, 0.15) is 10.8 Å². The molecule has 0 radical (unpaired) electrons. The summed E-state index contributed by atoms with van der Waals surface area (Å²) in [6.45, 7) is 6.22. The van der Waals surface area contributed by atoms with Crippen LogP contribution in [0.3, 0.4) is 0 Å². The van der Waals surface area contributed by atoms with E-state index in [0.717, 1.165) is 10.4 Å². The minimum Gasteiger partial charge on any atom is -0.452 e. The fourth-order valence-electron chi connectivity index (χ4n) is 2.44. The van der Waals surface area contributed by atoms with Crippen LogP contribution in [0.4, 0.5) is 9.39 Å². The molecule has 6 nitrogen and oxygen atoms in total. The highest BCUT2D eigenvalue weighted by atomic mass is 32.1. The first-order chi connectivity index (χ1) is 12.7. The number of hydrogen-bond acceptors (Lipinski definition) is 5. The number of carbonyl (C=O) groups is 3. The molecule has 1 atom stereocenters. The zero-order valence-corrected chi connectivity index (χ0v) is 16.3.